The van der Waals surface area contributed by atoms with Gasteiger partial charge in [-0.2, -0.15) is 0 Å². The first-order valence-electron chi connectivity index (χ1n) is 5.44. The highest BCUT2D eigenvalue weighted by Crippen LogP contribution is 2.10. The number of hydroxylamine groups is 1. The van der Waals surface area contributed by atoms with Crippen molar-refractivity contribution < 1.29 is 9.66 Å². The number of carbonyl (C=O) groups is 1. The van der Waals surface area contributed by atoms with Crippen molar-refractivity contribution in [2.45, 2.75) is 0 Å². The number of hydrogen-bond donors (Lipinski definition) is 1. The van der Waals surface area contributed by atoms with Crippen LogP contribution in [0.25, 0.3) is 0 Å². The number of carbonyl (C=O) groups excluding carboxylic acids is 1. The smallest absolute Gasteiger partial charge is 0.455 e. The lowest BCUT2D eigenvalue weighted by atomic mass is 10.2. The van der Waals surface area contributed by atoms with Crippen LogP contribution in [0.3, 0.4) is 0 Å². The Kier molecular flexibility index (Phi) is 4.10. The number of allylic oxidation sites excluding steroid dienone is 3. The van der Waals surface area contributed by atoms with Crippen molar-refractivity contribution in [2.24, 2.45) is 5.11 Å². The van der Waals surface area contributed by atoms with Crippen molar-refractivity contribution in [2.75, 3.05) is 0 Å². The van der Waals surface area contributed by atoms with E-state index in [-0.39, 0.29) is 10.4 Å². The summed E-state index contributed by atoms with van der Waals surface area (Å²) < 4.78 is 0. The van der Waals surface area contributed by atoms with Crippen LogP contribution >= 0.6 is 11.6 Å². The number of nitrogens with zero attached hydrogens (tertiary/aromatic N) is 2. The van der Waals surface area contributed by atoms with Gasteiger partial charge in [0.2, 0.25) is 0 Å². The minimum atomic E-state index is -0.740. The summed E-state index contributed by atoms with van der Waals surface area (Å²) in [7, 11) is 0. The molecule has 1 aliphatic heterocycles. The van der Waals surface area contributed by atoms with Gasteiger partial charge in [0.1, 0.15) is 6.20 Å². The Labute approximate surface area is 114 Å². The molecule has 0 saturated carbocycles. The number of halogens is 1. The van der Waals surface area contributed by atoms with E-state index in [9.17, 15) is 10.0 Å². The second-order valence-electron chi connectivity index (χ2n) is 3.66. The minimum absolute atomic E-state index is 0.0416. The summed E-state index contributed by atoms with van der Waals surface area (Å²) in [4.78, 5) is 11.8. The van der Waals surface area contributed by atoms with Gasteiger partial charge < -0.3 is 10.5 Å². The van der Waals surface area contributed by atoms with Gasteiger partial charge in [0, 0.05) is 28.1 Å². The normalized spacial score (nSPS) is 14.2. The Morgan fingerprint density at radius 2 is 1.89 bits per heavy atom. The Morgan fingerprint density at radius 1 is 1.26 bits per heavy atom. The number of benzene rings is 1. The molecule has 1 aliphatic rings. The molecule has 0 aromatic heterocycles. The zero-order valence-corrected chi connectivity index (χ0v) is 10.5. The van der Waals surface area contributed by atoms with Gasteiger partial charge in [-0.25, -0.2) is 4.79 Å². The maximum absolute atomic E-state index is 11.7. The lowest BCUT2D eigenvalue weighted by Gasteiger charge is -2.00. The van der Waals surface area contributed by atoms with Crippen molar-refractivity contribution >= 4 is 17.5 Å². The summed E-state index contributed by atoms with van der Waals surface area (Å²) >= 11 is 5.70. The quantitative estimate of drug-likeness (QED) is 0.512. The first-order chi connectivity index (χ1) is 9.16. The highest BCUT2D eigenvalue weighted by Gasteiger charge is 2.15. The van der Waals surface area contributed by atoms with Gasteiger partial charge in [0.15, 0.2) is 0 Å². The molecule has 6 heteroatoms. The van der Waals surface area contributed by atoms with E-state index in [2.05, 4.69) is 10.4 Å². The molecule has 0 atom stereocenters. The molecule has 0 unspecified atom stereocenters. The molecule has 0 aliphatic carbocycles. The Bertz CT molecular complexity index is 587. The fourth-order valence-corrected chi connectivity index (χ4v) is 1.49. The molecule has 0 spiro atoms. The van der Waals surface area contributed by atoms with Crippen LogP contribution in [0.5, 0.6) is 0 Å². The van der Waals surface area contributed by atoms with E-state index in [1.807, 2.05) is 0 Å². The van der Waals surface area contributed by atoms with Gasteiger partial charge in [-0.05, 0) is 41.3 Å². The summed E-state index contributed by atoms with van der Waals surface area (Å²) in [6.07, 6.45) is 8.15. The molecule has 1 N–H and O–H groups in total. The predicted molar refractivity (Wildman–Crippen MR) is 71.3 cm³/mol. The second-order valence-corrected chi connectivity index (χ2v) is 4.10. The lowest BCUT2D eigenvalue weighted by Crippen LogP contribution is -2.12. The van der Waals surface area contributed by atoms with Gasteiger partial charge >= 0.3 is 5.91 Å². The third kappa shape index (κ3) is 3.53. The van der Waals surface area contributed by atoms with Crippen molar-refractivity contribution in [3.05, 3.63) is 76.4 Å². The zero-order valence-electron chi connectivity index (χ0n) is 9.79. The number of nitrogens with one attached hydrogen (secondary N) is 1. The number of azo groups is 1. The third-order valence-electron chi connectivity index (χ3n) is 2.32. The van der Waals surface area contributed by atoms with Gasteiger partial charge in [-0.1, -0.05) is 11.6 Å². The molecule has 1 amide bonds. The van der Waals surface area contributed by atoms with Crippen LogP contribution < -0.4 is 5.32 Å². The molecule has 1 aromatic carbocycles. The first-order valence-corrected chi connectivity index (χ1v) is 5.82. The highest BCUT2D eigenvalue weighted by molar-refractivity contribution is 6.30. The van der Waals surface area contributed by atoms with E-state index in [0.717, 1.165) is 0 Å². The molecule has 2 rings (SSSR count). The largest absolute Gasteiger partial charge is 0.591 e. The molecule has 0 bridgehead atoms. The van der Waals surface area contributed by atoms with Crippen LogP contribution in [-0.2, 0) is 0 Å². The average Bonchev–Trinajstić information content (AvgIpc) is 2.46. The molecule has 5 nitrogen and oxygen atoms in total. The number of hydrogen-bond acceptors (Lipinski definition) is 4. The molecule has 1 heterocycles. The Morgan fingerprint density at radius 3 is 2.53 bits per heavy atom. The highest BCUT2D eigenvalue weighted by atomic mass is 35.5. The Balaban J connectivity index is 2.14. The topological polar surface area (TPSA) is 67.5 Å². The molecule has 0 fully saturated rings. The number of rotatable bonds is 2. The standard InChI is InChI=1S/C13H10ClN3O2/c14-12-3-1-11(2-4-12)13(18)17(19)16-9-10-5-7-15-8-6-10/h1-9,15H. The summed E-state index contributed by atoms with van der Waals surface area (Å²) in [6, 6.07) is 6.03. The maximum atomic E-state index is 11.7. The van der Waals surface area contributed by atoms with E-state index in [1.165, 1.54) is 18.3 Å². The minimum Gasteiger partial charge on any atom is -0.591 e. The lowest BCUT2D eigenvalue weighted by molar-refractivity contribution is -0.424. The van der Waals surface area contributed by atoms with Crippen LogP contribution in [0, 0.1) is 5.21 Å². The SMILES string of the molecule is O=C(c1ccc(Cl)cc1)[N+]([O-])=NC=C1C=CNC=C1. The number of dihydropyridines is 1. The van der Waals surface area contributed by atoms with E-state index in [1.54, 1.807) is 36.7 Å². The summed E-state index contributed by atoms with van der Waals surface area (Å²) in [6.45, 7) is 0. The van der Waals surface area contributed by atoms with Gasteiger partial charge in [-0.3, -0.25) is 0 Å². The Hall–Kier alpha value is -2.40. The molecule has 0 saturated heterocycles. The summed E-state index contributed by atoms with van der Waals surface area (Å²) in [5.41, 5.74) is 0.946. The monoisotopic (exact) mass is 275 g/mol. The van der Waals surface area contributed by atoms with Crippen LogP contribution in [-0.4, -0.2) is 10.8 Å². The molecular weight excluding hydrogens is 266 g/mol. The van der Waals surface area contributed by atoms with E-state index < -0.39 is 5.91 Å². The van der Waals surface area contributed by atoms with E-state index in [4.69, 9.17) is 11.6 Å². The van der Waals surface area contributed by atoms with Crippen LogP contribution in [0.15, 0.2) is 65.7 Å². The average molecular weight is 276 g/mol. The van der Waals surface area contributed by atoms with Crippen molar-refractivity contribution in [3.8, 4) is 0 Å². The van der Waals surface area contributed by atoms with Gasteiger partial charge in [0.05, 0.1) is 5.56 Å². The van der Waals surface area contributed by atoms with Crippen molar-refractivity contribution in [3.63, 3.8) is 0 Å². The maximum Gasteiger partial charge on any atom is 0.455 e. The zero-order chi connectivity index (χ0) is 13.7. The van der Waals surface area contributed by atoms with E-state index >= 15 is 0 Å². The number of amides is 1. The third-order valence-corrected chi connectivity index (χ3v) is 2.57. The molecular formula is C13H10ClN3O2. The second kappa shape index (κ2) is 5.97. The fraction of sp³-hybridized carbons (Fsp3) is 0. The van der Waals surface area contributed by atoms with E-state index in [0.29, 0.717) is 10.6 Å². The van der Waals surface area contributed by atoms with Crippen molar-refractivity contribution in [1.82, 2.24) is 5.32 Å². The van der Waals surface area contributed by atoms with Crippen LogP contribution in [0.4, 0.5) is 0 Å². The predicted octanol–water partition coefficient (Wildman–Crippen LogP) is 2.96. The fourth-order valence-electron chi connectivity index (χ4n) is 1.36. The molecule has 96 valence electrons. The van der Waals surface area contributed by atoms with Crippen LogP contribution in [0.1, 0.15) is 10.4 Å². The summed E-state index contributed by atoms with van der Waals surface area (Å²) in [5.74, 6) is -0.740. The van der Waals surface area contributed by atoms with Gasteiger partial charge in [-0.15, -0.1) is 0 Å². The van der Waals surface area contributed by atoms with Crippen molar-refractivity contribution in [1.29, 1.82) is 0 Å². The first kappa shape index (κ1) is 13.0. The van der Waals surface area contributed by atoms with Gasteiger partial charge in [0.25, 0.3) is 0 Å². The molecule has 1 aromatic rings. The molecule has 0 radical (unpaired) electrons. The van der Waals surface area contributed by atoms with Crippen LogP contribution in [0.2, 0.25) is 5.02 Å². The summed E-state index contributed by atoms with van der Waals surface area (Å²) in [5, 5.41) is 18.4. The molecule has 19 heavy (non-hydrogen) atoms.